The molecule has 0 saturated heterocycles. The molecule has 16 heteroatoms. The number of aromatic nitrogens is 6. The lowest BCUT2D eigenvalue weighted by Gasteiger charge is -2.25. The standard InChI is InChI=1S/C42H66N8O6S2/c1-29(47-39(51)55-41(3,4)5)37-45-25-35(49(37)27-53-19-21-57(9,10)11)31-15-17-33(43-23-31)34-18-16-32(24-44-34)36-26-46-38(30(2)48-40(52)56-42(6,7)8)50(36)28-54-20-22-58(12,13)14/h15-18,23-26,29-30H,19-22,27-28H2,1-14H3,(H,47,51)(H,48,52)/t29-,30-/m0/s1. The summed E-state index contributed by atoms with van der Waals surface area (Å²) in [6, 6.07) is 6.94. The van der Waals surface area contributed by atoms with Crippen LogP contribution < -0.4 is 10.6 Å². The van der Waals surface area contributed by atoms with Crippen LogP contribution in [0.2, 0.25) is 0 Å². The summed E-state index contributed by atoms with van der Waals surface area (Å²) in [4.78, 5) is 44.3. The minimum absolute atomic E-state index is 0.266. The van der Waals surface area contributed by atoms with E-state index in [0.717, 1.165) is 34.0 Å². The van der Waals surface area contributed by atoms with Crippen molar-refractivity contribution in [2.24, 2.45) is 0 Å². The fraction of sp³-hybridized carbons (Fsp3) is 0.571. The predicted octanol–water partition coefficient (Wildman–Crippen LogP) is 8.38. The van der Waals surface area contributed by atoms with Gasteiger partial charge in [-0.25, -0.2) is 39.6 Å². The second-order valence-electron chi connectivity index (χ2n) is 18.1. The van der Waals surface area contributed by atoms with Crippen LogP contribution in [0.5, 0.6) is 0 Å². The minimum atomic E-state index is -0.727. The number of hydrogen-bond acceptors (Lipinski definition) is 10. The first-order valence-corrected chi connectivity index (χ1v) is 25.4. The Morgan fingerprint density at radius 2 is 0.966 bits per heavy atom. The number of rotatable bonds is 17. The summed E-state index contributed by atoms with van der Waals surface area (Å²) in [5.41, 5.74) is 3.44. The zero-order valence-electron chi connectivity index (χ0n) is 37.0. The average Bonchev–Trinajstić information content (AvgIpc) is 3.71. The molecule has 0 aliphatic heterocycles. The van der Waals surface area contributed by atoms with E-state index in [4.69, 9.17) is 38.9 Å². The highest BCUT2D eigenvalue weighted by Gasteiger charge is 2.25. The van der Waals surface area contributed by atoms with Crippen LogP contribution in [0.25, 0.3) is 33.9 Å². The smallest absolute Gasteiger partial charge is 0.408 e. The van der Waals surface area contributed by atoms with E-state index in [9.17, 15) is 9.59 Å². The van der Waals surface area contributed by atoms with E-state index < -0.39 is 55.5 Å². The van der Waals surface area contributed by atoms with Crippen molar-refractivity contribution in [3.05, 3.63) is 60.7 Å². The molecule has 2 N–H and O–H groups in total. The molecule has 0 radical (unpaired) electrons. The molecule has 0 fully saturated rings. The molecule has 2 amide bonds. The van der Waals surface area contributed by atoms with E-state index in [2.05, 4.69) is 48.2 Å². The number of amides is 2. The summed E-state index contributed by atoms with van der Waals surface area (Å²) in [6.45, 7) is 16.5. The zero-order valence-corrected chi connectivity index (χ0v) is 38.6. The van der Waals surface area contributed by atoms with Crippen molar-refractivity contribution in [3.63, 3.8) is 0 Å². The van der Waals surface area contributed by atoms with Gasteiger partial charge < -0.3 is 38.7 Å². The van der Waals surface area contributed by atoms with E-state index in [-0.39, 0.29) is 13.5 Å². The van der Waals surface area contributed by atoms with Gasteiger partial charge in [-0.15, -0.1) is 0 Å². The average molecular weight is 843 g/mol. The topological polar surface area (TPSA) is 157 Å². The number of nitrogens with one attached hydrogen (secondary N) is 2. The second kappa shape index (κ2) is 19.3. The van der Waals surface area contributed by atoms with Crippen molar-refractivity contribution < 1.29 is 28.5 Å². The largest absolute Gasteiger partial charge is 0.444 e. The molecular formula is C42H66N8O6S2. The quantitative estimate of drug-likeness (QED) is 0.0991. The maximum atomic E-state index is 12.6. The van der Waals surface area contributed by atoms with Crippen LogP contribution in [-0.4, -0.2) is 115 Å². The van der Waals surface area contributed by atoms with Crippen molar-refractivity contribution in [2.45, 2.75) is 92.1 Å². The van der Waals surface area contributed by atoms with Crippen molar-refractivity contribution in [1.29, 1.82) is 0 Å². The van der Waals surface area contributed by atoms with Crippen LogP contribution in [0, 0.1) is 0 Å². The fourth-order valence-corrected chi connectivity index (χ4v) is 6.86. The number of pyridine rings is 2. The van der Waals surface area contributed by atoms with Gasteiger partial charge in [-0.3, -0.25) is 9.97 Å². The number of ether oxygens (including phenoxy) is 4. The summed E-state index contributed by atoms with van der Waals surface area (Å²) in [6.07, 6.45) is 19.7. The highest BCUT2D eigenvalue weighted by Crippen LogP contribution is 2.35. The third kappa shape index (κ3) is 14.6. The summed E-state index contributed by atoms with van der Waals surface area (Å²) >= 11 is 0. The Bertz CT molecular complexity index is 1810. The van der Waals surface area contributed by atoms with Crippen LogP contribution in [0.15, 0.2) is 49.1 Å². The molecule has 58 heavy (non-hydrogen) atoms. The van der Waals surface area contributed by atoms with Gasteiger partial charge in [0.25, 0.3) is 0 Å². The number of imidazole rings is 2. The molecule has 0 unspecified atom stereocenters. The molecule has 0 aromatic carbocycles. The van der Waals surface area contributed by atoms with Crippen molar-refractivity contribution in [1.82, 2.24) is 39.7 Å². The maximum Gasteiger partial charge on any atom is 0.408 e. The van der Waals surface area contributed by atoms with Crippen LogP contribution in [0.1, 0.15) is 79.1 Å². The zero-order chi connectivity index (χ0) is 43.1. The molecule has 0 saturated carbocycles. The van der Waals surface area contributed by atoms with Gasteiger partial charge in [0.15, 0.2) is 0 Å². The third-order valence-electron chi connectivity index (χ3n) is 8.52. The van der Waals surface area contributed by atoms with Crippen LogP contribution in [-0.2, 0) is 32.4 Å². The van der Waals surface area contributed by atoms with Gasteiger partial charge in [-0.1, -0.05) is 0 Å². The molecule has 0 bridgehead atoms. The second-order valence-corrected chi connectivity index (χ2v) is 27.3. The fourth-order valence-electron chi connectivity index (χ4n) is 5.62. The van der Waals surface area contributed by atoms with E-state index >= 15 is 0 Å². The Balaban J connectivity index is 1.57. The molecule has 4 aromatic rings. The summed E-state index contributed by atoms with van der Waals surface area (Å²) in [5.74, 6) is 3.23. The summed E-state index contributed by atoms with van der Waals surface area (Å²) in [7, 11) is -1.45. The van der Waals surface area contributed by atoms with E-state index in [1.807, 2.05) is 88.8 Å². The molecule has 0 aliphatic carbocycles. The number of hydrogen-bond donors (Lipinski definition) is 2. The van der Waals surface area contributed by atoms with Gasteiger partial charge in [0.2, 0.25) is 0 Å². The molecule has 0 aliphatic rings. The van der Waals surface area contributed by atoms with Crippen LogP contribution >= 0.6 is 20.1 Å². The van der Waals surface area contributed by atoms with Gasteiger partial charge in [0, 0.05) is 35.0 Å². The molecule has 2 atom stereocenters. The Hall–Kier alpha value is -4.12. The van der Waals surface area contributed by atoms with E-state index in [1.165, 1.54) is 0 Å². The Labute approximate surface area is 348 Å². The highest BCUT2D eigenvalue weighted by atomic mass is 32.3. The highest BCUT2D eigenvalue weighted by molar-refractivity contribution is 8.32. The number of carbonyl (C=O) groups is 2. The molecule has 4 rings (SSSR count). The Kier molecular flexibility index (Phi) is 15.5. The lowest BCUT2D eigenvalue weighted by Crippen LogP contribution is -2.35. The number of carbonyl (C=O) groups excluding carboxylic acids is 2. The SMILES string of the molecule is C[C@H](NC(=O)OC(C)(C)C)c1ncc(-c2ccc(-c3ccc(-c4cnc([C@H](C)NC(=O)OC(C)(C)C)n4COCCS(C)(C)C)cn3)nc2)n1COCCS(C)(C)C. The minimum Gasteiger partial charge on any atom is -0.444 e. The first-order valence-electron chi connectivity index (χ1n) is 19.4. The first-order chi connectivity index (χ1) is 26.9. The van der Waals surface area contributed by atoms with Crippen LogP contribution in [0.3, 0.4) is 0 Å². The summed E-state index contributed by atoms with van der Waals surface area (Å²) < 4.78 is 27.3. The molecule has 14 nitrogen and oxygen atoms in total. The normalized spacial score (nSPS) is 14.1. The molecule has 0 spiro atoms. The maximum absolute atomic E-state index is 12.6. The van der Waals surface area contributed by atoms with E-state index in [1.54, 1.807) is 24.8 Å². The van der Waals surface area contributed by atoms with Gasteiger partial charge in [0.1, 0.15) is 36.3 Å². The predicted molar refractivity (Wildman–Crippen MR) is 238 cm³/mol. The molecule has 4 aromatic heterocycles. The van der Waals surface area contributed by atoms with Crippen molar-refractivity contribution in [3.8, 4) is 33.9 Å². The monoisotopic (exact) mass is 842 g/mol. The van der Waals surface area contributed by atoms with Crippen LogP contribution in [0.4, 0.5) is 9.59 Å². The number of alkyl carbamates (subject to hydrolysis) is 2. The van der Waals surface area contributed by atoms with Crippen molar-refractivity contribution >= 4 is 32.2 Å². The first kappa shape index (κ1) is 46.6. The van der Waals surface area contributed by atoms with Crippen molar-refractivity contribution in [2.75, 3.05) is 62.3 Å². The van der Waals surface area contributed by atoms with E-state index in [0.29, 0.717) is 36.3 Å². The van der Waals surface area contributed by atoms with Gasteiger partial charge in [-0.05, 0) is 117 Å². The molecule has 4 heterocycles. The summed E-state index contributed by atoms with van der Waals surface area (Å²) in [5, 5.41) is 5.82. The number of nitrogens with zero attached hydrogens (tertiary/aromatic N) is 6. The lowest BCUT2D eigenvalue weighted by atomic mass is 10.1. The molecular weight excluding hydrogens is 777 g/mol. The van der Waals surface area contributed by atoms with Gasteiger partial charge in [0.05, 0.1) is 60.5 Å². The van der Waals surface area contributed by atoms with Gasteiger partial charge in [-0.2, -0.15) is 0 Å². The third-order valence-corrected chi connectivity index (χ3v) is 11.3. The lowest BCUT2D eigenvalue weighted by molar-refractivity contribution is 0.0487. The Morgan fingerprint density at radius 1 is 0.603 bits per heavy atom. The van der Waals surface area contributed by atoms with Gasteiger partial charge >= 0.3 is 12.2 Å². The molecule has 322 valence electrons. The Morgan fingerprint density at radius 3 is 1.26 bits per heavy atom.